The molecule has 3 rings (SSSR count). The van der Waals surface area contributed by atoms with Crippen LogP contribution in [0.4, 0.5) is 0 Å². The Bertz CT molecular complexity index is 898. The van der Waals surface area contributed by atoms with E-state index in [9.17, 15) is 0 Å². The van der Waals surface area contributed by atoms with E-state index >= 15 is 0 Å². The van der Waals surface area contributed by atoms with Crippen molar-refractivity contribution in [1.29, 1.82) is 0 Å². The number of aromatic amines is 1. The van der Waals surface area contributed by atoms with Gasteiger partial charge < -0.3 is 9.72 Å². The molecule has 0 aliphatic carbocycles. The molecular weight excluding hydrogens is 306 g/mol. The first-order chi connectivity index (χ1) is 10.0. The number of halogens is 1. The molecule has 1 aromatic carbocycles. The summed E-state index contributed by atoms with van der Waals surface area (Å²) in [6.45, 7) is 3.94. The number of methoxy groups -OCH3 is 1. The Balaban J connectivity index is 2.38. The Morgan fingerprint density at radius 1 is 1.29 bits per heavy atom. The van der Waals surface area contributed by atoms with E-state index in [-0.39, 0.29) is 0 Å². The number of aryl methyl sites for hydroxylation is 2. The molecule has 21 heavy (non-hydrogen) atoms. The summed E-state index contributed by atoms with van der Waals surface area (Å²) < 4.78 is 7.88. The highest BCUT2D eigenvalue weighted by Gasteiger charge is 2.14. The van der Waals surface area contributed by atoms with Crippen molar-refractivity contribution >= 4 is 35.0 Å². The molecule has 0 fully saturated rings. The van der Waals surface area contributed by atoms with Gasteiger partial charge in [0, 0.05) is 17.3 Å². The van der Waals surface area contributed by atoms with Gasteiger partial charge in [0.2, 0.25) is 0 Å². The van der Waals surface area contributed by atoms with E-state index in [0.29, 0.717) is 15.5 Å². The molecule has 0 saturated heterocycles. The third-order valence-corrected chi connectivity index (χ3v) is 4.05. The molecule has 108 valence electrons. The van der Waals surface area contributed by atoms with E-state index in [0.717, 1.165) is 28.0 Å². The summed E-state index contributed by atoms with van der Waals surface area (Å²) in [6.07, 6.45) is 1.82. The molecule has 4 nitrogen and oxygen atoms in total. The fraction of sp³-hybridized carbons (Fsp3) is 0.200. The molecule has 2 heterocycles. The second kappa shape index (κ2) is 5.16. The van der Waals surface area contributed by atoms with Gasteiger partial charge >= 0.3 is 0 Å². The van der Waals surface area contributed by atoms with Crippen molar-refractivity contribution in [2.75, 3.05) is 7.11 Å². The van der Waals surface area contributed by atoms with Crippen molar-refractivity contribution in [2.24, 2.45) is 0 Å². The number of nitrogens with one attached hydrogen (secondary N) is 1. The van der Waals surface area contributed by atoms with Crippen LogP contribution in [0.3, 0.4) is 0 Å². The minimum absolute atomic E-state index is 0.572. The Hall–Kier alpha value is -1.85. The molecule has 0 spiro atoms. The highest BCUT2D eigenvalue weighted by molar-refractivity contribution is 7.71. The SMILES string of the molecule is COc1cc(Cl)c(C)cc1-n1c(=S)[nH]c2cc(C)cnc21. The fourth-order valence-electron chi connectivity index (χ4n) is 2.31. The minimum atomic E-state index is 0.572. The Kier molecular flexibility index (Phi) is 3.47. The van der Waals surface area contributed by atoms with Crippen molar-refractivity contribution in [1.82, 2.24) is 14.5 Å². The average Bonchev–Trinajstić information content (AvgIpc) is 2.76. The maximum atomic E-state index is 6.17. The lowest BCUT2D eigenvalue weighted by Crippen LogP contribution is -2.00. The summed E-state index contributed by atoms with van der Waals surface area (Å²) in [5.41, 5.74) is 4.52. The largest absolute Gasteiger partial charge is 0.495 e. The normalized spacial score (nSPS) is 11.0. The van der Waals surface area contributed by atoms with Crippen molar-refractivity contribution in [3.05, 3.63) is 45.3 Å². The van der Waals surface area contributed by atoms with Gasteiger partial charge in [-0.1, -0.05) is 11.6 Å². The van der Waals surface area contributed by atoms with Crippen LogP contribution < -0.4 is 4.74 Å². The number of nitrogens with zero attached hydrogens (tertiary/aromatic N) is 2. The number of aromatic nitrogens is 3. The van der Waals surface area contributed by atoms with Crippen LogP contribution >= 0.6 is 23.8 Å². The summed E-state index contributed by atoms with van der Waals surface area (Å²) in [5.74, 6) is 0.657. The predicted molar refractivity (Wildman–Crippen MR) is 87.3 cm³/mol. The standard InChI is InChI=1S/C15H14ClN3OS/c1-8-4-11-14(17-7-8)19(15(21)18-11)12-5-9(2)10(16)6-13(12)20-3/h4-7H,1-3H3,(H,18,21). The third kappa shape index (κ3) is 2.32. The number of ether oxygens (including phenoxy) is 1. The average molecular weight is 320 g/mol. The number of H-pyrrole nitrogens is 1. The topological polar surface area (TPSA) is 42.8 Å². The van der Waals surface area contributed by atoms with Gasteiger partial charge in [-0.05, 0) is 49.3 Å². The third-order valence-electron chi connectivity index (χ3n) is 3.36. The van der Waals surface area contributed by atoms with Gasteiger partial charge in [0.15, 0.2) is 10.4 Å². The van der Waals surface area contributed by atoms with Gasteiger partial charge in [0.05, 0.1) is 18.3 Å². The molecule has 0 radical (unpaired) electrons. The number of pyridine rings is 1. The molecule has 0 atom stereocenters. The highest BCUT2D eigenvalue weighted by atomic mass is 35.5. The summed E-state index contributed by atoms with van der Waals surface area (Å²) in [5, 5.41) is 0.658. The maximum absolute atomic E-state index is 6.17. The van der Waals surface area contributed by atoms with Crippen LogP contribution in [0, 0.1) is 18.6 Å². The van der Waals surface area contributed by atoms with Crippen LogP contribution in [-0.2, 0) is 0 Å². The van der Waals surface area contributed by atoms with Crippen LogP contribution in [0.25, 0.3) is 16.9 Å². The first-order valence-corrected chi connectivity index (χ1v) is 7.22. The van der Waals surface area contributed by atoms with Crippen LogP contribution in [0.1, 0.15) is 11.1 Å². The Morgan fingerprint density at radius 2 is 2.05 bits per heavy atom. The van der Waals surface area contributed by atoms with Gasteiger partial charge in [-0.15, -0.1) is 0 Å². The second-order valence-electron chi connectivity index (χ2n) is 4.92. The number of benzene rings is 1. The lowest BCUT2D eigenvalue weighted by Gasteiger charge is -2.12. The zero-order valence-corrected chi connectivity index (χ0v) is 13.5. The molecule has 0 amide bonds. The number of imidazole rings is 1. The van der Waals surface area contributed by atoms with E-state index in [1.54, 1.807) is 13.2 Å². The summed E-state index contributed by atoms with van der Waals surface area (Å²) >= 11 is 11.6. The fourth-order valence-corrected chi connectivity index (χ4v) is 2.76. The quantitative estimate of drug-likeness (QED) is 0.714. The highest BCUT2D eigenvalue weighted by Crippen LogP contribution is 2.31. The molecule has 0 aliphatic heterocycles. The van der Waals surface area contributed by atoms with Crippen molar-refractivity contribution in [3.8, 4) is 11.4 Å². The zero-order chi connectivity index (χ0) is 15.1. The van der Waals surface area contributed by atoms with Crippen LogP contribution in [0.15, 0.2) is 24.4 Å². The van der Waals surface area contributed by atoms with E-state index in [4.69, 9.17) is 28.6 Å². The molecule has 3 aromatic rings. The van der Waals surface area contributed by atoms with Crippen molar-refractivity contribution in [3.63, 3.8) is 0 Å². The lowest BCUT2D eigenvalue weighted by molar-refractivity contribution is 0.413. The Labute approximate surface area is 132 Å². The smallest absolute Gasteiger partial charge is 0.184 e. The van der Waals surface area contributed by atoms with Crippen LogP contribution in [-0.4, -0.2) is 21.6 Å². The van der Waals surface area contributed by atoms with Gasteiger partial charge in [-0.2, -0.15) is 0 Å². The van der Waals surface area contributed by atoms with E-state index in [1.807, 2.05) is 36.7 Å². The van der Waals surface area contributed by atoms with E-state index in [1.165, 1.54) is 0 Å². The number of rotatable bonds is 2. The molecule has 0 bridgehead atoms. The molecule has 0 unspecified atom stereocenters. The van der Waals surface area contributed by atoms with Gasteiger partial charge in [-0.3, -0.25) is 4.57 Å². The minimum Gasteiger partial charge on any atom is -0.495 e. The second-order valence-corrected chi connectivity index (χ2v) is 5.72. The van der Waals surface area contributed by atoms with Crippen molar-refractivity contribution < 1.29 is 4.74 Å². The maximum Gasteiger partial charge on any atom is 0.184 e. The first-order valence-electron chi connectivity index (χ1n) is 6.43. The molecule has 1 N–H and O–H groups in total. The lowest BCUT2D eigenvalue weighted by atomic mass is 10.2. The first kappa shape index (κ1) is 14.1. The molecule has 0 saturated carbocycles. The Morgan fingerprint density at radius 3 is 2.76 bits per heavy atom. The van der Waals surface area contributed by atoms with Crippen LogP contribution in [0.2, 0.25) is 5.02 Å². The number of fused-ring (bicyclic) bond motifs is 1. The van der Waals surface area contributed by atoms with E-state index in [2.05, 4.69) is 9.97 Å². The van der Waals surface area contributed by atoms with Gasteiger partial charge in [0.1, 0.15) is 5.75 Å². The molecule has 0 aliphatic rings. The monoisotopic (exact) mass is 319 g/mol. The van der Waals surface area contributed by atoms with Gasteiger partial charge in [-0.25, -0.2) is 4.98 Å². The number of hydrogen-bond acceptors (Lipinski definition) is 3. The predicted octanol–water partition coefficient (Wildman–Crippen LogP) is 4.36. The summed E-state index contributed by atoms with van der Waals surface area (Å²) in [4.78, 5) is 7.66. The van der Waals surface area contributed by atoms with Crippen LogP contribution in [0.5, 0.6) is 5.75 Å². The van der Waals surface area contributed by atoms with Gasteiger partial charge in [0.25, 0.3) is 0 Å². The number of hydrogen-bond donors (Lipinski definition) is 1. The summed E-state index contributed by atoms with van der Waals surface area (Å²) in [7, 11) is 1.61. The van der Waals surface area contributed by atoms with E-state index < -0.39 is 0 Å². The zero-order valence-electron chi connectivity index (χ0n) is 11.9. The molecule has 6 heteroatoms. The van der Waals surface area contributed by atoms with Crippen molar-refractivity contribution in [2.45, 2.75) is 13.8 Å². The molecule has 2 aromatic heterocycles. The summed E-state index contributed by atoms with van der Waals surface area (Å²) in [6, 6.07) is 5.76. The molecular formula is C15H14ClN3OS.